The van der Waals surface area contributed by atoms with E-state index in [1.165, 1.54) is 17.7 Å². The number of nitrogens with zero attached hydrogens (tertiary/aromatic N) is 3. The van der Waals surface area contributed by atoms with Gasteiger partial charge in [0.1, 0.15) is 0 Å². The van der Waals surface area contributed by atoms with E-state index in [9.17, 15) is 13.2 Å². The number of piperidine rings is 1. The fraction of sp³-hybridized carbons (Fsp3) is 0.286. The fourth-order valence-corrected chi connectivity index (χ4v) is 5.53. The number of hydrogen-bond donors (Lipinski definition) is 1. The second kappa shape index (κ2) is 9.03. The minimum absolute atomic E-state index is 0.232. The number of hydrogen-bond acceptors (Lipinski definition) is 6. The van der Waals surface area contributed by atoms with Crippen molar-refractivity contribution < 1.29 is 13.2 Å². The van der Waals surface area contributed by atoms with Crippen LogP contribution in [0.1, 0.15) is 28.9 Å². The second-order valence-corrected chi connectivity index (χ2v) is 9.85. The van der Waals surface area contributed by atoms with Gasteiger partial charge in [0.25, 0.3) is 5.91 Å². The minimum atomic E-state index is -3.55. The lowest BCUT2D eigenvalue weighted by molar-refractivity contribution is 0.102. The number of carbonyl (C=O) groups excluding carboxylic acids is 1. The van der Waals surface area contributed by atoms with E-state index in [4.69, 9.17) is 0 Å². The highest BCUT2D eigenvalue weighted by atomic mass is 32.2. The molecule has 0 saturated carbocycles. The largest absolute Gasteiger partial charge is 0.321 e. The zero-order valence-corrected chi connectivity index (χ0v) is 17.9. The minimum Gasteiger partial charge on any atom is -0.321 e. The normalized spacial score (nSPS) is 15.7. The number of amides is 1. The molecular formula is C21H22N4O3S2. The van der Waals surface area contributed by atoms with Crippen LogP contribution in [-0.2, 0) is 16.4 Å². The van der Waals surface area contributed by atoms with Crippen LogP contribution < -0.4 is 5.32 Å². The molecule has 1 amide bonds. The van der Waals surface area contributed by atoms with E-state index >= 15 is 0 Å². The first kappa shape index (κ1) is 20.6. The Hall–Kier alpha value is -2.62. The van der Waals surface area contributed by atoms with Crippen molar-refractivity contribution in [2.45, 2.75) is 24.2 Å². The van der Waals surface area contributed by atoms with Crippen molar-refractivity contribution in [3.63, 3.8) is 0 Å². The predicted octanol–water partition coefficient (Wildman–Crippen LogP) is 3.43. The Bertz CT molecular complexity index is 1080. The van der Waals surface area contributed by atoms with Crippen LogP contribution in [0.15, 0.2) is 64.9 Å². The zero-order valence-electron chi connectivity index (χ0n) is 16.3. The molecule has 0 radical (unpaired) electrons. The van der Waals surface area contributed by atoms with E-state index in [0.717, 1.165) is 30.8 Å². The van der Waals surface area contributed by atoms with Crippen LogP contribution in [0.5, 0.6) is 0 Å². The molecule has 0 spiro atoms. The van der Waals surface area contributed by atoms with E-state index < -0.39 is 10.0 Å². The fourth-order valence-electron chi connectivity index (χ4n) is 3.62. The van der Waals surface area contributed by atoms with E-state index in [1.54, 1.807) is 21.8 Å². The van der Waals surface area contributed by atoms with Gasteiger partial charge in [-0.2, -0.15) is 4.31 Å². The van der Waals surface area contributed by atoms with Gasteiger partial charge < -0.3 is 5.32 Å². The summed E-state index contributed by atoms with van der Waals surface area (Å²) in [5, 5.41) is 7.96. The van der Waals surface area contributed by atoms with Crippen molar-refractivity contribution in [1.82, 2.24) is 13.9 Å². The van der Waals surface area contributed by atoms with Crippen molar-refractivity contribution in [2.75, 3.05) is 18.4 Å². The van der Waals surface area contributed by atoms with Crippen LogP contribution in [0.25, 0.3) is 0 Å². The van der Waals surface area contributed by atoms with Gasteiger partial charge in [0.05, 0.1) is 4.90 Å². The maximum absolute atomic E-state index is 13.0. The summed E-state index contributed by atoms with van der Waals surface area (Å²) >= 11 is 1.09. The Balaban J connectivity index is 1.36. The Labute approximate surface area is 180 Å². The molecule has 1 aliphatic heterocycles. The third-order valence-electron chi connectivity index (χ3n) is 5.28. The third-order valence-corrected chi connectivity index (χ3v) is 7.70. The molecule has 0 atom stereocenters. The maximum atomic E-state index is 13.0. The molecule has 0 aliphatic carbocycles. The number of sulfonamides is 1. The summed E-state index contributed by atoms with van der Waals surface area (Å²) in [7, 11) is -3.55. The number of carbonyl (C=O) groups is 1. The van der Waals surface area contributed by atoms with Crippen LogP contribution in [-0.4, -0.2) is 41.3 Å². The number of aromatic nitrogens is 2. The zero-order chi connectivity index (χ0) is 21.0. The molecule has 1 fully saturated rings. The molecule has 2 aromatic carbocycles. The van der Waals surface area contributed by atoms with Gasteiger partial charge in [-0.05, 0) is 66.5 Å². The number of benzene rings is 2. The SMILES string of the molecule is O=C(Nc1ccc(S(=O)(=O)N2CCC(Cc3ccccc3)CC2)cc1)c1csnn1. The van der Waals surface area contributed by atoms with Gasteiger partial charge in [-0.1, -0.05) is 34.8 Å². The van der Waals surface area contributed by atoms with Crippen LogP contribution in [0.2, 0.25) is 0 Å². The molecular weight excluding hydrogens is 420 g/mol. The molecule has 0 bridgehead atoms. The van der Waals surface area contributed by atoms with Crippen molar-refractivity contribution in [3.05, 3.63) is 71.2 Å². The van der Waals surface area contributed by atoms with Crippen molar-refractivity contribution in [2.24, 2.45) is 5.92 Å². The topological polar surface area (TPSA) is 92.3 Å². The highest BCUT2D eigenvalue weighted by Crippen LogP contribution is 2.26. The van der Waals surface area contributed by atoms with Gasteiger partial charge in [0.2, 0.25) is 10.0 Å². The molecule has 2 heterocycles. The number of anilines is 1. The molecule has 1 aromatic heterocycles. The Kier molecular flexibility index (Phi) is 6.21. The van der Waals surface area contributed by atoms with Crippen molar-refractivity contribution in [1.29, 1.82) is 0 Å². The summed E-state index contributed by atoms with van der Waals surface area (Å²) in [5.74, 6) is 0.122. The third kappa shape index (κ3) is 4.75. The molecule has 1 saturated heterocycles. The Morgan fingerprint density at radius 2 is 1.77 bits per heavy atom. The lowest BCUT2D eigenvalue weighted by atomic mass is 9.91. The van der Waals surface area contributed by atoms with E-state index in [-0.39, 0.29) is 16.5 Å². The molecule has 7 nitrogen and oxygen atoms in total. The molecule has 1 aliphatic rings. The number of nitrogens with one attached hydrogen (secondary N) is 1. The lowest BCUT2D eigenvalue weighted by Crippen LogP contribution is -2.38. The second-order valence-electron chi connectivity index (χ2n) is 7.31. The molecule has 9 heteroatoms. The number of rotatable bonds is 6. The summed E-state index contributed by atoms with van der Waals surface area (Å²) in [6, 6.07) is 16.6. The van der Waals surface area contributed by atoms with E-state index in [2.05, 4.69) is 27.0 Å². The highest BCUT2D eigenvalue weighted by Gasteiger charge is 2.29. The van der Waals surface area contributed by atoms with E-state index in [0.29, 0.717) is 24.7 Å². The predicted molar refractivity (Wildman–Crippen MR) is 116 cm³/mol. The van der Waals surface area contributed by atoms with Gasteiger partial charge in [0.15, 0.2) is 5.69 Å². The summed E-state index contributed by atoms with van der Waals surface area (Å²) in [4.78, 5) is 12.3. The average molecular weight is 443 g/mol. The molecule has 4 rings (SSSR count). The summed E-state index contributed by atoms with van der Waals surface area (Å²) in [6.45, 7) is 1.05. The van der Waals surface area contributed by atoms with Crippen LogP contribution in [0.3, 0.4) is 0 Å². The van der Waals surface area contributed by atoms with Crippen LogP contribution in [0.4, 0.5) is 5.69 Å². The molecule has 1 N–H and O–H groups in total. The molecule has 30 heavy (non-hydrogen) atoms. The van der Waals surface area contributed by atoms with E-state index in [1.807, 2.05) is 18.2 Å². The average Bonchev–Trinajstić information content (AvgIpc) is 3.30. The summed E-state index contributed by atoms with van der Waals surface area (Å²) < 4.78 is 31.2. The highest BCUT2D eigenvalue weighted by molar-refractivity contribution is 7.89. The van der Waals surface area contributed by atoms with Gasteiger partial charge in [0, 0.05) is 24.2 Å². The van der Waals surface area contributed by atoms with Gasteiger partial charge in [-0.25, -0.2) is 8.42 Å². The maximum Gasteiger partial charge on any atom is 0.277 e. The van der Waals surface area contributed by atoms with Crippen LogP contribution >= 0.6 is 11.5 Å². The molecule has 3 aromatic rings. The molecule has 156 valence electrons. The first-order valence-corrected chi connectivity index (χ1v) is 12.0. The molecule has 0 unspecified atom stereocenters. The van der Waals surface area contributed by atoms with Crippen molar-refractivity contribution in [3.8, 4) is 0 Å². The van der Waals surface area contributed by atoms with Crippen molar-refractivity contribution >= 4 is 33.2 Å². The Morgan fingerprint density at radius 3 is 2.40 bits per heavy atom. The van der Waals surface area contributed by atoms with Crippen LogP contribution in [0, 0.1) is 5.92 Å². The summed E-state index contributed by atoms with van der Waals surface area (Å²) in [6.07, 6.45) is 2.69. The van der Waals surface area contributed by atoms with Gasteiger partial charge >= 0.3 is 0 Å². The lowest BCUT2D eigenvalue weighted by Gasteiger charge is -2.31. The first-order chi connectivity index (χ1) is 14.5. The Morgan fingerprint density at radius 1 is 1.07 bits per heavy atom. The van der Waals surface area contributed by atoms with Gasteiger partial charge in [-0.15, -0.1) is 5.10 Å². The standard InChI is InChI=1S/C21H22N4O3S2/c26-21(20-15-29-24-23-20)22-18-6-8-19(9-7-18)30(27,28)25-12-10-17(11-13-25)14-16-4-2-1-3-5-16/h1-9,15,17H,10-14H2,(H,22,26). The smallest absolute Gasteiger partial charge is 0.277 e. The van der Waals surface area contributed by atoms with Gasteiger partial charge in [-0.3, -0.25) is 4.79 Å². The monoisotopic (exact) mass is 442 g/mol. The first-order valence-electron chi connectivity index (χ1n) is 9.75. The summed E-state index contributed by atoms with van der Waals surface area (Å²) in [5.41, 5.74) is 2.04. The quantitative estimate of drug-likeness (QED) is 0.631.